The van der Waals surface area contributed by atoms with Crippen LogP contribution in [0.1, 0.15) is 24.2 Å². The van der Waals surface area contributed by atoms with Gasteiger partial charge < -0.3 is 10.1 Å². The second-order valence-electron chi connectivity index (χ2n) is 5.17. The first kappa shape index (κ1) is 17.1. The normalized spacial score (nSPS) is 11.4. The summed E-state index contributed by atoms with van der Waals surface area (Å²) in [5, 5.41) is 13.6. The first-order chi connectivity index (χ1) is 11.4. The van der Waals surface area contributed by atoms with Crippen LogP contribution >= 0.6 is 0 Å². The average molecular weight is 328 g/mol. The molecule has 1 atom stereocenters. The summed E-state index contributed by atoms with van der Waals surface area (Å²) in [6, 6.07) is 12.9. The highest BCUT2D eigenvalue weighted by Crippen LogP contribution is 2.27. The van der Waals surface area contributed by atoms with Gasteiger partial charge in [-0.2, -0.15) is 0 Å². The number of benzene rings is 2. The van der Waals surface area contributed by atoms with E-state index in [1.165, 1.54) is 19.1 Å². The molecular formula is C17H16N2O5. The fraction of sp³-hybridized carbons (Fsp3) is 0.176. The molecule has 1 amide bonds. The maximum atomic E-state index is 12.5. The third-order valence-electron chi connectivity index (χ3n) is 3.23. The molecular weight excluding hydrogens is 312 g/mol. The summed E-state index contributed by atoms with van der Waals surface area (Å²) in [5.74, 6) is -1.29. The van der Waals surface area contributed by atoms with Gasteiger partial charge in [0.1, 0.15) is 5.69 Å². The number of nitro groups is 1. The largest absolute Gasteiger partial charge is 0.447 e. The number of esters is 1. The van der Waals surface area contributed by atoms with Crippen molar-refractivity contribution < 1.29 is 19.2 Å². The van der Waals surface area contributed by atoms with Gasteiger partial charge in [-0.05, 0) is 18.6 Å². The molecule has 0 radical (unpaired) electrons. The fourth-order valence-corrected chi connectivity index (χ4v) is 2.16. The second-order valence-corrected chi connectivity index (χ2v) is 5.17. The number of carbonyl (C=O) groups excluding carboxylic acids is 2. The Morgan fingerprint density at radius 1 is 1.17 bits per heavy atom. The smallest absolute Gasteiger partial charge is 0.303 e. The molecule has 0 bridgehead atoms. The Hall–Kier alpha value is -3.22. The van der Waals surface area contributed by atoms with E-state index in [1.54, 1.807) is 43.3 Å². The van der Waals surface area contributed by atoms with E-state index in [0.29, 0.717) is 11.1 Å². The molecule has 0 aliphatic heterocycles. The summed E-state index contributed by atoms with van der Waals surface area (Å²) in [7, 11) is 0. The van der Waals surface area contributed by atoms with Gasteiger partial charge >= 0.3 is 5.97 Å². The summed E-state index contributed by atoms with van der Waals surface area (Å²) in [6.07, 6.45) is -1.19. The SMILES string of the molecule is CC(=O)OC(C(=O)Nc1ccc(C)cc1[N+](=O)[O-])c1ccccc1. The molecule has 7 heteroatoms. The Kier molecular flexibility index (Phi) is 5.26. The molecule has 24 heavy (non-hydrogen) atoms. The van der Waals surface area contributed by atoms with Gasteiger partial charge in [0.25, 0.3) is 11.6 Å². The van der Waals surface area contributed by atoms with Gasteiger partial charge in [0.2, 0.25) is 6.10 Å². The summed E-state index contributed by atoms with van der Waals surface area (Å²) >= 11 is 0. The van der Waals surface area contributed by atoms with E-state index in [-0.39, 0.29) is 11.4 Å². The van der Waals surface area contributed by atoms with Crippen LogP contribution in [-0.2, 0) is 14.3 Å². The molecule has 0 heterocycles. The monoisotopic (exact) mass is 328 g/mol. The lowest BCUT2D eigenvalue weighted by molar-refractivity contribution is -0.384. The Labute approximate surface area is 138 Å². The molecule has 0 aliphatic carbocycles. The molecule has 7 nitrogen and oxygen atoms in total. The van der Waals surface area contributed by atoms with E-state index in [9.17, 15) is 19.7 Å². The number of carbonyl (C=O) groups is 2. The van der Waals surface area contributed by atoms with Crippen molar-refractivity contribution in [3.8, 4) is 0 Å². The highest BCUT2D eigenvalue weighted by molar-refractivity contribution is 5.97. The van der Waals surface area contributed by atoms with Crippen LogP contribution in [0.15, 0.2) is 48.5 Å². The van der Waals surface area contributed by atoms with E-state index in [0.717, 1.165) is 0 Å². The van der Waals surface area contributed by atoms with Crippen molar-refractivity contribution in [2.45, 2.75) is 20.0 Å². The van der Waals surface area contributed by atoms with Gasteiger partial charge in [0, 0.05) is 18.6 Å². The quantitative estimate of drug-likeness (QED) is 0.516. The predicted molar refractivity (Wildman–Crippen MR) is 87.4 cm³/mol. The molecule has 0 aromatic heterocycles. The average Bonchev–Trinajstić information content (AvgIpc) is 2.54. The topological polar surface area (TPSA) is 98.5 Å². The Bertz CT molecular complexity index is 774. The summed E-state index contributed by atoms with van der Waals surface area (Å²) in [5.41, 5.74) is 0.987. The number of hydrogen-bond acceptors (Lipinski definition) is 5. The first-order valence-corrected chi connectivity index (χ1v) is 7.16. The third-order valence-corrected chi connectivity index (χ3v) is 3.23. The third kappa shape index (κ3) is 4.16. The minimum absolute atomic E-state index is 0.0451. The lowest BCUT2D eigenvalue weighted by Crippen LogP contribution is -2.25. The highest BCUT2D eigenvalue weighted by Gasteiger charge is 2.26. The molecule has 0 aliphatic rings. The van der Waals surface area contributed by atoms with E-state index >= 15 is 0 Å². The van der Waals surface area contributed by atoms with Crippen LogP contribution in [0.2, 0.25) is 0 Å². The number of anilines is 1. The van der Waals surface area contributed by atoms with Gasteiger partial charge in [-0.15, -0.1) is 0 Å². The maximum absolute atomic E-state index is 12.5. The van der Waals surface area contributed by atoms with Gasteiger partial charge in [-0.1, -0.05) is 36.4 Å². The molecule has 0 saturated carbocycles. The zero-order chi connectivity index (χ0) is 17.7. The van der Waals surface area contributed by atoms with Crippen LogP contribution in [0, 0.1) is 17.0 Å². The van der Waals surface area contributed by atoms with E-state index in [1.807, 2.05) is 0 Å². The van der Waals surface area contributed by atoms with Gasteiger partial charge in [0.15, 0.2) is 0 Å². The first-order valence-electron chi connectivity index (χ1n) is 7.16. The van der Waals surface area contributed by atoms with Crippen LogP contribution in [0.25, 0.3) is 0 Å². The highest BCUT2D eigenvalue weighted by atomic mass is 16.6. The number of nitrogens with zero attached hydrogens (tertiary/aromatic N) is 1. The number of rotatable bonds is 5. The van der Waals surface area contributed by atoms with Crippen LogP contribution in [0.5, 0.6) is 0 Å². The number of nitrogens with one attached hydrogen (secondary N) is 1. The number of amides is 1. The number of ether oxygens (including phenoxy) is 1. The lowest BCUT2D eigenvalue weighted by atomic mass is 10.1. The Morgan fingerprint density at radius 3 is 2.42 bits per heavy atom. The summed E-state index contributed by atoms with van der Waals surface area (Å²) < 4.78 is 5.07. The van der Waals surface area contributed by atoms with Crippen molar-refractivity contribution in [2.75, 3.05) is 5.32 Å². The zero-order valence-corrected chi connectivity index (χ0v) is 13.2. The standard InChI is InChI=1S/C17H16N2O5/c1-11-8-9-14(15(10-11)19(22)23)18-17(21)16(24-12(2)20)13-6-4-3-5-7-13/h3-10,16H,1-2H3,(H,18,21). The van der Waals surface area contributed by atoms with Crippen LogP contribution < -0.4 is 5.32 Å². The van der Waals surface area contributed by atoms with E-state index < -0.39 is 22.9 Å². The van der Waals surface area contributed by atoms with Crippen molar-refractivity contribution >= 4 is 23.3 Å². The summed E-state index contributed by atoms with van der Waals surface area (Å²) in [6.45, 7) is 2.90. The lowest BCUT2D eigenvalue weighted by Gasteiger charge is -2.17. The molecule has 1 N–H and O–H groups in total. The minimum atomic E-state index is -1.19. The molecule has 0 saturated heterocycles. The van der Waals surface area contributed by atoms with Crippen molar-refractivity contribution in [3.63, 3.8) is 0 Å². The molecule has 0 fully saturated rings. The van der Waals surface area contributed by atoms with Crippen LogP contribution in [-0.4, -0.2) is 16.8 Å². The second kappa shape index (κ2) is 7.36. The van der Waals surface area contributed by atoms with Crippen molar-refractivity contribution in [3.05, 3.63) is 69.8 Å². The Balaban J connectivity index is 2.32. The molecule has 124 valence electrons. The molecule has 2 aromatic rings. The zero-order valence-electron chi connectivity index (χ0n) is 13.2. The van der Waals surface area contributed by atoms with E-state index in [4.69, 9.17) is 4.74 Å². The number of nitro benzene ring substituents is 1. The molecule has 2 aromatic carbocycles. The maximum Gasteiger partial charge on any atom is 0.303 e. The van der Waals surface area contributed by atoms with Crippen molar-refractivity contribution in [1.29, 1.82) is 0 Å². The predicted octanol–water partition coefficient (Wildman–Crippen LogP) is 3.15. The van der Waals surface area contributed by atoms with Crippen LogP contribution in [0.3, 0.4) is 0 Å². The molecule has 1 unspecified atom stereocenters. The van der Waals surface area contributed by atoms with Crippen LogP contribution in [0.4, 0.5) is 11.4 Å². The summed E-state index contributed by atoms with van der Waals surface area (Å²) in [4.78, 5) is 34.4. The van der Waals surface area contributed by atoms with Crippen molar-refractivity contribution in [2.24, 2.45) is 0 Å². The fourth-order valence-electron chi connectivity index (χ4n) is 2.16. The Morgan fingerprint density at radius 2 is 1.83 bits per heavy atom. The van der Waals surface area contributed by atoms with Crippen molar-refractivity contribution in [1.82, 2.24) is 0 Å². The molecule has 0 spiro atoms. The minimum Gasteiger partial charge on any atom is -0.447 e. The van der Waals surface area contributed by atoms with Gasteiger partial charge in [-0.3, -0.25) is 19.7 Å². The van der Waals surface area contributed by atoms with Gasteiger partial charge in [0.05, 0.1) is 4.92 Å². The number of hydrogen-bond donors (Lipinski definition) is 1. The van der Waals surface area contributed by atoms with E-state index in [2.05, 4.69) is 5.32 Å². The number of aryl methyl sites for hydroxylation is 1. The van der Waals surface area contributed by atoms with Gasteiger partial charge in [-0.25, -0.2) is 0 Å². The molecule has 2 rings (SSSR count).